The van der Waals surface area contributed by atoms with Gasteiger partial charge in [0.05, 0.1) is 6.26 Å². The smallest absolute Gasteiger partial charge is 0.183 e. The molecule has 0 aliphatic rings. The number of hydrogen-bond acceptors (Lipinski definition) is 1. The van der Waals surface area contributed by atoms with Crippen molar-refractivity contribution in [3.05, 3.63) is 48.2 Å². The van der Waals surface area contributed by atoms with Crippen LogP contribution in [0.3, 0.4) is 0 Å². The van der Waals surface area contributed by atoms with Crippen LogP contribution in [0.25, 0.3) is 0 Å². The van der Waals surface area contributed by atoms with Crippen molar-refractivity contribution in [1.29, 1.82) is 0 Å². The van der Waals surface area contributed by atoms with Gasteiger partial charge in [-0.15, -0.1) is 5.92 Å². The second-order valence-electron chi connectivity index (χ2n) is 2.99. The Bertz CT molecular complexity index is 351. The summed E-state index contributed by atoms with van der Waals surface area (Å²) >= 11 is 0. The van der Waals surface area contributed by atoms with Crippen LogP contribution in [0.15, 0.2) is 37.1 Å². The van der Waals surface area contributed by atoms with E-state index in [9.17, 15) is 0 Å². The molecule has 0 bridgehead atoms. The van der Waals surface area contributed by atoms with Crippen molar-refractivity contribution in [2.45, 2.75) is 20.0 Å². The summed E-state index contributed by atoms with van der Waals surface area (Å²) in [5.74, 6) is 5.82. The van der Waals surface area contributed by atoms with Crippen molar-refractivity contribution in [2.75, 3.05) is 0 Å². The van der Waals surface area contributed by atoms with Crippen LogP contribution in [0.2, 0.25) is 0 Å². The van der Waals surface area contributed by atoms with Crippen LogP contribution in [0, 0.1) is 18.8 Å². The molecule has 0 saturated carbocycles. The molecule has 1 heteroatoms. The van der Waals surface area contributed by atoms with E-state index in [0.717, 1.165) is 5.56 Å². The van der Waals surface area contributed by atoms with E-state index in [2.05, 4.69) is 25.3 Å². The van der Waals surface area contributed by atoms with Crippen LogP contribution in [0.4, 0.5) is 0 Å². The van der Waals surface area contributed by atoms with E-state index in [0.29, 0.717) is 0 Å². The molecule has 0 aliphatic carbocycles. The third-order valence-electron chi connectivity index (χ3n) is 1.89. The first kappa shape index (κ1) is 10.4. The highest BCUT2D eigenvalue weighted by Crippen LogP contribution is 2.17. The molecule has 0 aliphatic heterocycles. The standard InChI is InChI=1S/C13H14O/c1-4-6-13(14-5-2)12-9-7-11(3)8-10-12/h5,7-10,13H,2H2,1,3H3. The zero-order valence-electron chi connectivity index (χ0n) is 8.58. The Labute approximate surface area is 85.4 Å². The summed E-state index contributed by atoms with van der Waals surface area (Å²) in [5.41, 5.74) is 2.29. The van der Waals surface area contributed by atoms with E-state index >= 15 is 0 Å². The Morgan fingerprint density at radius 3 is 2.50 bits per heavy atom. The van der Waals surface area contributed by atoms with E-state index in [-0.39, 0.29) is 6.10 Å². The number of ether oxygens (including phenoxy) is 1. The first-order chi connectivity index (χ1) is 6.77. The van der Waals surface area contributed by atoms with Gasteiger partial charge in [-0.05, 0) is 13.8 Å². The Balaban J connectivity index is 2.90. The van der Waals surface area contributed by atoms with Gasteiger partial charge in [0.2, 0.25) is 0 Å². The summed E-state index contributed by atoms with van der Waals surface area (Å²) in [4.78, 5) is 0. The Hall–Kier alpha value is -1.68. The first-order valence-corrected chi connectivity index (χ1v) is 4.53. The fraction of sp³-hybridized carbons (Fsp3) is 0.231. The molecule has 14 heavy (non-hydrogen) atoms. The van der Waals surface area contributed by atoms with Crippen LogP contribution >= 0.6 is 0 Å². The topological polar surface area (TPSA) is 9.23 Å². The normalized spacial score (nSPS) is 11.0. The van der Waals surface area contributed by atoms with Gasteiger partial charge in [-0.3, -0.25) is 0 Å². The minimum atomic E-state index is -0.196. The minimum Gasteiger partial charge on any atom is -0.481 e. The third kappa shape index (κ3) is 2.67. The van der Waals surface area contributed by atoms with Crippen LogP contribution in [0.1, 0.15) is 24.2 Å². The second kappa shape index (κ2) is 5.14. The summed E-state index contributed by atoms with van der Waals surface area (Å²) in [5, 5.41) is 0. The van der Waals surface area contributed by atoms with Gasteiger partial charge in [0.1, 0.15) is 0 Å². The largest absolute Gasteiger partial charge is 0.481 e. The summed E-state index contributed by atoms with van der Waals surface area (Å²) in [6.45, 7) is 7.39. The molecule has 1 unspecified atom stereocenters. The Morgan fingerprint density at radius 1 is 1.36 bits per heavy atom. The van der Waals surface area contributed by atoms with Gasteiger partial charge < -0.3 is 4.74 Å². The van der Waals surface area contributed by atoms with Gasteiger partial charge in [0.25, 0.3) is 0 Å². The van der Waals surface area contributed by atoms with Gasteiger partial charge >= 0.3 is 0 Å². The van der Waals surface area contributed by atoms with Gasteiger partial charge in [-0.1, -0.05) is 42.3 Å². The van der Waals surface area contributed by atoms with Gasteiger partial charge in [0.15, 0.2) is 6.10 Å². The van der Waals surface area contributed by atoms with Crippen molar-refractivity contribution in [2.24, 2.45) is 0 Å². The third-order valence-corrected chi connectivity index (χ3v) is 1.89. The molecule has 1 aromatic carbocycles. The monoisotopic (exact) mass is 186 g/mol. The quantitative estimate of drug-likeness (QED) is 0.520. The predicted octanol–water partition coefficient (Wildman–Crippen LogP) is 3.22. The van der Waals surface area contributed by atoms with E-state index < -0.39 is 0 Å². The molecule has 0 saturated heterocycles. The highest BCUT2D eigenvalue weighted by molar-refractivity contribution is 5.28. The molecule has 0 heterocycles. The molecular formula is C13H14O. The summed E-state index contributed by atoms with van der Waals surface area (Å²) in [6, 6.07) is 8.14. The molecule has 0 radical (unpaired) electrons. The van der Waals surface area contributed by atoms with E-state index in [4.69, 9.17) is 4.74 Å². The van der Waals surface area contributed by atoms with E-state index in [1.165, 1.54) is 11.8 Å². The summed E-state index contributed by atoms with van der Waals surface area (Å²) in [6.07, 6.45) is 1.23. The van der Waals surface area contributed by atoms with Crippen LogP contribution < -0.4 is 0 Å². The van der Waals surface area contributed by atoms with Crippen LogP contribution in [-0.2, 0) is 4.74 Å². The Kier molecular flexibility index (Phi) is 3.82. The van der Waals surface area contributed by atoms with Gasteiger partial charge in [-0.2, -0.15) is 0 Å². The highest BCUT2D eigenvalue weighted by atomic mass is 16.5. The lowest BCUT2D eigenvalue weighted by Gasteiger charge is -2.10. The summed E-state index contributed by atoms with van der Waals surface area (Å²) in [7, 11) is 0. The highest BCUT2D eigenvalue weighted by Gasteiger charge is 2.06. The average molecular weight is 186 g/mol. The molecule has 0 amide bonds. The molecule has 1 aromatic rings. The number of aryl methyl sites for hydroxylation is 1. The molecule has 1 nitrogen and oxygen atoms in total. The SMILES string of the molecule is C=COC(C#CC)c1ccc(C)cc1. The lowest BCUT2D eigenvalue weighted by atomic mass is 10.1. The van der Waals surface area contributed by atoms with E-state index in [1.54, 1.807) is 6.92 Å². The molecule has 0 spiro atoms. The molecule has 0 fully saturated rings. The number of hydrogen-bond donors (Lipinski definition) is 0. The van der Waals surface area contributed by atoms with Gasteiger partial charge in [0, 0.05) is 5.56 Å². The van der Waals surface area contributed by atoms with Gasteiger partial charge in [-0.25, -0.2) is 0 Å². The number of rotatable bonds is 3. The van der Waals surface area contributed by atoms with Crippen molar-refractivity contribution < 1.29 is 4.74 Å². The fourth-order valence-corrected chi connectivity index (χ4v) is 1.16. The maximum absolute atomic E-state index is 5.30. The zero-order chi connectivity index (χ0) is 10.4. The van der Waals surface area contributed by atoms with Crippen molar-refractivity contribution >= 4 is 0 Å². The molecule has 1 rings (SSSR count). The second-order valence-corrected chi connectivity index (χ2v) is 2.99. The lowest BCUT2D eigenvalue weighted by Crippen LogP contribution is -1.97. The van der Waals surface area contributed by atoms with E-state index in [1.807, 2.05) is 24.3 Å². The fourth-order valence-electron chi connectivity index (χ4n) is 1.16. The average Bonchev–Trinajstić information content (AvgIpc) is 2.19. The lowest BCUT2D eigenvalue weighted by molar-refractivity contribution is 0.199. The molecule has 0 aromatic heterocycles. The van der Waals surface area contributed by atoms with Crippen molar-refractivity contribution in [3.8, 4) is 11.8 Å². The zero-order valence-corrected chi connectivity index (χ0v) is 8.58. The van der Waals surface area contributed by atoms with Crippen LogP contribution in [0.5, 0.6) is 0 Å². The predicted molar refractivity (Wildman–Crippen MR) is 58.7 cm³/mol. The summed E-state index contributed by atoms with van der Waals surface area (Å²) < 4.78 is 5.30. The maximum atomic E-state index is 5.30. The minimum absolute atomic E-state index is 0.196. The van der Waals surface area contributed by atoms with Crippen molar-refractivity contribution in [3.63, 3.8) is 0 Å². The maximum Gasteiger partial charge on any atom is 0.183 e. The van der Waals surface area contributed by atoms with Crippen LogP contribution in [-0.4, -0.2) is 0 Å². The Morgan fingerprint density at radius 2 is 2.00 bits per heavy atom. The molecule has 1 atom stereocenters. The molecule has 0 N–H and O–H groups in total. The number of benzene rings is 1. The first-order valence-electron chi connectivity index (χ1n) is 4.53. The molecule has 72 valence electrons. The molecular weight excluding hydrogens is 172 g/mol. The van der Waals surface area contributed by atoms with Crippen molar-refractivity contribution in [1.82, 2.24) is 0 Å².